The second kappa shape index (κ2) is 5.78. The van der Waals surface area contributed by atoms with Gasteiger partial charge in [0.1, 0.15) is 0 Å². The molecule has 120 valence electrons. The number of amides is 2. The fourth-order valence-corrected chi connectivity index (χ4v) is 2.07. The van der Waals surface area contributed by atoms with Crippen LogP contribution in [-0.2, 0) is 12.6 Å². The van der Waals surface area contributed by atoms with Crippen molar-refractivity contribution in [2.75, 3.05) is 5.32 Å². The predicted octanol–water partition coefficient (Wildman–Crippen LogP) is 2.29. The van der Waals surface area contributed by atoms with Gasteiger partial charge in [0.15, 0.2) is 5.82 Å². The van der Waals surface area contributed by atoms with Gasteiger partial charge < -0.3 is 15.2 Å². The van der Waals surface area contributed by atoms with Gasteiger partial charge in [0.2, 0.25) is 5.89 Å². The number of carbonyl (C=O) groups is 1. The van der Waals surface area contributed by atoms with Gasteiger partial charge in [-0.15, -0.1) is 0 Å². The molecule has 0 aliphatic rings. The van der Waals surface area contributed by atoms with Crippen LogP contribution in [0.5, 0.6) is 0 Å². The van der Waals surface area contributed by atoms with Crippen LogP contribution in [0.3, 0.4) is 0 Å². The largest absolute Gasteiger partial charge is 0.340 e. The Morgan fingerprint density at radius 1 is 1.41 bits per heavy atom. The zero-order valence-electron chi connectivity index (χ0n) is 13.8. The molecule has 0 saturated heterocycles. The highest BCUT2D eigenvalue weighted by molar-refractivity contribution is 5.90. The second-order valence-corrected chi connectivity index (χ2v) is 6.10. The fraction of sp³-hybridized carbons (Fsp3) is 0.571. The first-order valence-corrected chi connectivity index (χ1v) is 7.12. The Kier molecular flexibility index (Phi) is 4.20. The summed E-state index contributed by atoms with van der Waals surface area (Å²) in [6.07, 6.45) is 1.78. The number of hydrogen-bond donors (Lipinski definition) is 2. The van der Waals surface area contributed by atoms with Crippen LogP contribution in [0.4, 0.5) is 10.5 Å². The maximum atomic E-state index is 12.2. The molecule has 0 aliphatic carbocycles. The molecule has 2 aromatic heterocycles. The van der Waals surface area contributed by atoms with E-state index >= 15 is 0 Å². The third kappa shape index (κ3) is 3.44. The van der Waals surface area contributed by atoms with E-state index < -0.39 is 5.54 Å². The molecule has 0 aromatic carbocycles. The van der Waals surface area contributed by atoms with Crippen molar-refractivity contribution in [2.45, 2.75) is 46.1 Å². The summed E-state index contributed by atoms with van der Waals surface area (Å²) >= 11 is 0. The summed E-state index contributed by atoms with van der Waals surface area (Å²) in [5.74, 6) is 1.10. The molecule has 0 atom stereocenters. The van der Waals surface area contributed by atoms with Crippen LogP contribution in [0.1, 0.15) is 51.0 Å². The van der Waals surface area contributed by atoms with Crippen LogP contribution in [0.2, 0.25) is 0 Å². The molecule has 0 spiro atoms. The summed E-state index contributed by atoms with van der Waals surface area (Å²) in [7, 11) is 1.82. The van der Waals surface area contributed by atoms with Gasteiger partial charge in [-0.1, -0.05) is 19.0 Å². The highest BCUT2D eigenvalue weighted by Gasteiger charge is 2.28. The number of anilines is 1. The Morgan fingerprint density at radius 3 is 2.64 bits per heavy atom. The third-order valence-electron chi connectivity index (χ3n) is 3.17. The highest BCUT2D eigenvalue weighted by atomic mass is 16.5. The zero-order chi connectivity index (χ0) is 16.5. The van der Waals surface area contributed by atoms with Crippen LogP contribution in [0.25, 0.3) is 0 Å². The molecule has 22 heavy (non-hydrogen) atoms. The Balaban J connectivity index is 2.10. The number of aromatic nitrogens is 4. The minimum atomic E-state index is -0.748. The summed E-state index contributed by atoms with van der Waals surface area (Å²) in [5, 5.41) is 13.9. The third-order valence-corrected chi connectivity index (χ3v) is 3.17. The number of nitrogens with one attached hydrogen (secondary N) is 2. The summed E-state index contributed by atoms with van der Waals surface area (Å²) in [6, 6.07) is -0.345. The van der Waals surface area contributed by atoms with E-state index in [1.165, 1.54) is 0 Å². The highest BCUT2D eigenvalue weighted by Crippen LogP contribution is 2.22. The van der Waals surface area contributed by atoms with E-state index in [0.29, 0.717) is 17.4 Å². The number of nitrogens with zero attached hydrogens (tertiary/aromatic N) is 4. The minimum Gasteiger partial charge on any atom is -0.340 e. The predicted molar refractivity (Wildman–Crippen MR) is 81.5 cm³/mol. The van der Waals surface area contributed by atoms with Crippen molar-refractivity contribution < 1.29 is 9.32 Å². The monoisotopic (exact) mass is 306 g/mol. The molecule has 2 heterocycles. The summed E-state index contributed by atoms with van der Waals surface area (Å²) in [5.41, 5.74) is 0.781. The topological polar surface area (TPSA) is 97.9 Å². The molecule has 0 bridgehead atoms. The Bertz CT molecular complexity index is 671. The van der Waals surface area contributed by atoms with E-state index in [2.05, 4.69) is 25.9 Å². The lowest BCUT2D eigenvalue weighted by atomic mass is 10.1. The number of aryl methyl sites for hydroxylation is 2. The average Bonchev–Trinajstić information content (AvgIpc) is 2.95. The summed E-state index contributed by atoms with van der Waals surface area (Å²) in [6.45, 7) is 9.37. The lowest BCUT2D eigenvalue weighted by molar-refractivity contribution is 0.239. The lowest BCUT2D eigenvalue weighted by Gasteiger charge is -2.22. The Morgan fingerprint density at radius 2 is 2.09 bits per heavy atom. The standard InChI is InChI=1S/C14H22N6O2/c1-8(2)11-10(7-20(6)18-11)16-13(21)17-14(4,5)12-15-9(3)22-19-12/h7-8H,1-6H3,(H2,16,17,21). The van der Waals surface area contributed by atoms with Gasteiger partial charge in [0, 0.05) is 20.2 Å². The number of urea groups is 1. The van der Waals surface area contributed by atoms with Gasteiger partial charge in [-0.25, -0.2) is 4.79 Å². The fourth-order valence-electron chi connectivity index (χ4n) is 2.07. The Labute approximate surface area is 129 Å². The molecule has 0 unspecified atom stereocenters. The van der Waals surface area contributed by atoms with Crippen molar-refractivity contribution in [3.05, 3.63) is 23.6 Å². The normalized spacial score (nSPS) is 11.8. The van der Waals surface area contributed by atoms with Crippen molar-refractivity contribution in [3.8, 4) is 0 Å². The van der Waals surface area contributed by atoms with Crippen molar-refractivity contribution in [3.63, 3.8) is 0 Å². The van der Waals surface area contributed by atoms with Crippen LogP contribution in [-0.4, -0.2) is 26.0 Å². The minimum absolute atomic E-state index is 0.212. The molecule has 0 fully saturated rings. The molecule has 8 heteroatoms. The molecule has 0 saturated carbocycles. The van der Waals surface area contributed by atoms with E-state index in [9.17, 15) is 4.79 Å². The molecule has 2 rings (SSSR count). The van der Waals surface area contributed by atoms with E-state index in [-0.39, 0.29) is 11.9 Å². The molecule has 0 aliphatic heterocycles. The van der Waals surface area contributed by atoms with E-state index in [1.807, 2.05) is 34.7 Å². The average molecular weight is 306 g/mol. The number of hydrogen-bond acceptors (Lipinski definition) is 5. The second-order valence-electron chi connectivity index (χ2n) is 6.10. The lowest BCUT2D eigenvalue weighted by Crippen LogP contribution is -2.44. The van der Waals surface area contributed by atoms with E-state index in [0.717, 1.165) is 5.69 Å². The summed E-state index contributed by atoms with van der Waals surface area (Å²) in [4.78, 5) is 16.4. The SMILES string of the molecule is Cc1nc(C(C)(C)NC(=O)Nc2cn(C)nc2C(C)C)no1. The van der Waals surface area contributed by atoms with Gasteiger partial charge in [-0.2, -0.15) is 10.1 Å². The smallest absolute Gasteiger partial charge is 0.320 e. The molecule has 2 aromatic rings. The molecule has 8 nitrogen and oxygen atoms in total. The van der Waals surface area contributed by atoms with Crippen molar-refractivity contribution >= 4 is 11.7 Å². The number of rotatable bonds is 4. The first-order chi connectivity index (χ1) is 10.2. The molecular weight excluding hydrogens is 284 g/mol. The van der Waals surface area contributed by atoms with Crippen molar-refractivity contribution in [2.24, 2.45) is 7.05 Å². The van der Waals surface area contributed by atoms with E-state index in [1.54, 1.807) is 17.8 Å². The van der Waals surface area contributed by atoms with E-state index in [4.69, 9.17) is 4.52 Å². The Hall–Kier alpha value is -2.38. The number of carbonyl (C=O) groups excluding carboxylic acids is 1. The molecule has 2 amide bonds. The maximum Gasteiger partial charge on any atom is 0.320 e. The zero-order valence-corrected chi connectivity index (χ0v) is 13.8. The van der Waals surface area contributed by atoms with Crippen LogP contribution in [0.15, 0.2) is 10.7 Å². The first-order valence-electron chi connectivity index (χ1n) is 7.12. The van der Waals surface area contributed by atoms with Crippen LogP contribution >= 0.6 is 0 Å². The van der Waals surface area contributed by atoms with Gasteiger partial charge in [-0.3, -0.25) is 4.68 Å². The molecular formula is C14H22N6O2. The van der Waals surface area contributed by atoms with Gasteiger partial charge in [0.05, 0.1) is 16.9 Å². The van der Waals surface area contributed by atoms with Crippen molar-refractivity contribution in [1.29, 1.82) is 0 Å². The van der Waals surface area contributed by atoms with Gasteiger partial charge in [0.25, 0.3) is 0 Å². The maximum absolute atomic E-state index is 12.2. The van der Waals surface area contributed by atoms with Crippen LogP contribution in [0, 0.1) is 6.92 Å². The molecule has 0 radical (unpaired) electrons. The van der Waals surface area contributed by atoms with Crippen molar-refractivity contribution in [1.82, 2.24) is 25.2 Å². The van der Waals surface area contributed by atoms with Crippen LogP contribution < -0.4 is 10.6 Å². The molecule has 2 N–H and O–H groups in total. The first kappa shape index (κ1) is 16.0. The summed E-state index contributed by atoms with van der Waals surface area (Å²) < 4.78 is 6.64. The van der Waals surface area contributed by atoms with Gasteiger partial charge in [-0.05, 0) is 19.8 Å². The van der Waals surface area contributed by atoms with Gasteiger partial charge >= 0.3 is 6.03 Å². The quantitative estimate of drug-likeness (QED) is 0.903.